The van der Waals surface area contributed by atoms with Gasteiger partial charge in [-0.1, -0.05) is 0 Å². The van der Waals surface area contributed by atoms with Crippen molar-refractivity contribution in [2.24, 2.45) is 16.0 Å². The SMILES string of the molecule is C=NN1C(C2CC2)=CC(Br)=N/C1=C/C. The molecule has 0 atom stereocenters. The fraction of sp³-hybridized carbons (Fsp3) is 0.400. The van der Waals surface area contributed by atoms with Crippen molar-refractivity contribution in [3.63, 3.8) is 0 Å². The highest BCUT2D eigenvalue weighted by atomic mass is 79.9. The molecule has 0 aromatic rings. The Hall–Kier alpha value is -0.900. The largest absolute Gasteiger partial charge is 0.222 e. The van der Waals surface area contributed by atoms with E-state index in [-0.39, 0.29) is 0 Å². The number of halogens is 1. The van der Waals surface area contributed by atoms with Gasteiger partial charge in [0, 0.05) is 12.6 Å². The lowest BCUT2D eigenvalue weighted by Gasteiger charge is -2.24. The molecule has 74 valence electrons. The zero-order chi connectivity index (χ0) is 10.1. The Balaban J connectivity index is 2.36. The molecule has 0 aromatic carbocycles. The molecule has 0 aromatic heterocycles. The molecule has 1 saturated carbocycles. The summed E-state index contributed by atoms with van der Waals surface area (Å²) in [6, 6.07) is 0. The summed E-state index contributed by atoms with van der Waals surface area (Å²) < 4.78 is 0.868. The van der Waals surface area contributed by atoms with Gasteiger partial charge >= 0.3 is 0 Å². The van der Waals surface area contributed by atoms with Crippen molar-refractivity contribution in [3.05, 3.63) is 23.7 Å². The summed E-state index contributed by atoms with van der Waals surface area (Å²) in [5.41, 5.74) is 1.20. The Kier molecular flexibility index (Phi) is 2.54. The lowest BCUT2D eigenvalue weighted by Crippen LogP contribution is -2.20. The van der Waals surface area contributed by atoms with Gasteiger partial charge in [0.2, 0.25) is 0 Å². The first-order valence-electron chi connectivity index (χ1n) is 4.65. The fourth-order valence-electron chi connectivity index (χ4n) is 1.52. The Labute approximate surface area is 92.0 Å². The molecule has 1 heterocycles. The van der Waals surface area contributed by atoms with Gasteiger partial charge in [0.15, 0.2) is 5.82 Å². The first-order valence-corrected chi connectivity index (χ1v) is 5.44. The topological polar surface area (TPSA) is 28.0 Å². The van der Waals surface area contributed by atoms with Crippen molar-refractivity contribution in [2.75, 3.05) is 0 Å². The van der Waals surface area contributed by atoms with E-state index in [1.165, 1.54) is 18.5 Å². The molecule has 1 fully saturated rings. The van der Waals surface area contributed by atoms with Crippen molar-refractivity contribution in [1.29, 1.82) is 0 Å². The minimum absolute atomic E-state index is 0.638. The monoisotopic (exact) mass is 253 g/mol. The van der Waals surface area contributed by atoms with E-state index in [0.29, 0.717) is 5.92 Å². The van der Waals surface area contributed by atoms with E-state index < -0.39 is 0 Å². The molecule has 0 unspecified atom stereocenters. The molecular weight excluding hydrogens is 242 g/mol. The van der Waals surface area contributed by atoms with Crippen LogP contribution in [0.3, 0.4) is 0 Å². The van der Waals surface area contributed by atoms with E-state index in [1.54, 1.807) is 0 Å². The molecule has 14 heavy (non-hydrogen) atoms. The van der Waals surface area contributed by atoms with Crippen molar-refractivity contribution < 1.29 is 0 Å². The average molecular weight is 254 g/mol. The van der Waals surface area contributed by atoms with Crippen LogP contribution in [0.4, 0.5) is 0 Å². The Morgan fingerprint density at radius 3 is 2.93 bits per heavy atom. The van der Waals surface area contributed by atoms with Crippen molar-refractivity contribution in [3.8, 4) is 0 Å². The summed E-state index contributed by atoms with van der Waals surface area (Å²) in [4.78, 5) is 4.32. The van der Waals surface area contributed by atoms with Crippen LogP contribution in [-0.2, 0) is 0 Å². The van der Waals surface area contributed by atoms with E-state index in [4.69, 9.17) is 0 Å². The Morgan fingerprint density at radius 1 is 1.71 bits per heavy atom. The van der Waals surface area contributed by atoms with Crippen LogP contribution in [0, 0.1) is 5.92 Å². The lowest BCUT2D eigenvalue weighted by molar-refractivity contribution is 0.424. The van der Waals surface area contributed by atoms with Crippen LogP contribution < -0.4 is 0 Å². The highest BCUT2D eigenvalue weighted by Gasteiger charge is 2.32. The lowest BCUT2D eigenvalue weighted by atomic mass is 10.2. The molecule has 1 aliphatic carbocycles. The molecule has 1 aliphatic heterocycles. The number of rotatable bonds is 2. The molecule has 0 bridgehead atoms. The summed E-state index contributed by atoms with van der Waals surface area (Å²) in [6.45, 7) is 5.53. The minimum atomic E-state index is 0.638. The summed E-state index contributed by atoms with van der Waals surface area (Å²) in [6.07, 6.45) is 6.45. The molecule has 2 aliphatic rings. The summed E-state index contributed by atoms with van der Waals surface area (Å²) >= 11 is 3.41. The van der Waals surface area contributed by atoms with Crippen LogP contribution in [0.5, 0.6) is 0 Å². The van der Waals surface area contributed by atoms with Crippen LogP contribution in [0.15, 0.2) is 33.8 Å². The second-order valence-electron chi connectivity index (χ2n) is 3.38. The van der Waals surface area contributed by atoms with Gasteiger partial charge < -0.3 is 0 Å². The predicted molar refractivity (Wildman–Crippen MR) is 62.3 cm³/mol. The van der Waals surface area contributed by atoms with Gasteiger partial charge in [0.05, 0.1) is 5.70 Å². The van der Waals surface area contributed by atoms with Gasteiger partial charge in [-0.15, -0.1) is 0 Å². The summed E-state index contributed by atoms with van der Waals surface area (Å²) in [7, 11) is 0. The first kappa shape index (κ1) is 9.65. The molecule has 0 radical (unpaired) electrons. The number of hydrogen-bond acceptors (Lipinski definition) is 3. The molecule has 0 N–H and O–H groups in total. The third-order valence-electron chi connectivity index (χ3n) is 2.35. The highest BCUT2D eigenvalue weighted by molar-refractivity contribution is 9.18. The van der Waals surface area contributed by atoms with Gasteiger partial charge in [-0.3, -0.25) is 0 Å². The second kappa shape index (κ2) is 3.69. The zero-order valence-electron chi connectivity index (χ0n) is 8.07. The third-order valence-corrected chi connectivity index (χ3v) is 2.75. The second-order valence-corrected chi connectivity index (χ2v) is 4.19. The summed E-state index contributed by atoms with van der Waals surface area (Å²) in [5, 5.41) is 5.82. The molecule has 4 heteroatoms. The molecule has 0 saturated heterocycles. The van der Waals surface area contributed by atoms with Crippen LogP contribution in [0.1, 0.15) is 19.8 Å². The highest BCUT2D eigenvalue weighted by Crippen LogP contribution is 2.41. The van der Waals surface area contributed by atoms with E-state index in [9.17, 15) is 0 Å². The smallest absolute Gasteiger partial charge is 0.150 e. The van der Waals surface area contributed by atoms with Crippen molar-refractivity contribution in [2.45, 2.75) is 19.8 Å². The Bertz CT molecular complexity index is 350. The van der Waals surface area contributed by atoms with Gasteiger partial charge in [-0.05, 0) is 47.8 Å². The molecular formula is C10H12BrN3. The number of hydrazone groups is 1. The number of hydrogen-bond donors (Lipinski definition) is 0. The van der Waals surface area contributed by atoms with Gasteiger partial charge in [0.25, 0.3) is 0 Å². The van der Waals surface area contributed by atoms with Crippen molar-refractivity contribution >= 4 is 27.3 Å². The van der Waals surface area contributed by atoms with Gasteiger partial charge in [-0.25, -0.2) is 10.0 Å². The maximum atomic E-state index is 4.32. The van der Waals surface area contributed by atoms with E-state index in [0.717, 1.165) is 10.4 Å². The third kappa shape index (κ3) is 1.66. The first-order chi connectivity index (χ1) is 6.76. The van der Waals surface area contributed by atoms with Crippen LogP contribution in [0.25, 0.3) is 0 Å². The average Bonchev–Trinajstić information content (AvgIpc) is 2.99. The number of aliphatic imine (C=N–C) groups is 1. The van der Waals surface area contributed by atoms with Gasteiger partial charge in [-0.2, -0.15) is 5.10 Å². The molecule has 2 rings (SSSR count). The van der Waals surface area contributed by atoms with Crippen LogP contribution in [0.2, 0.25) is 0 Å². The van der Waals surface area contributed by atoms with E-state index >= 15 is 0 Å². The minimum Gasteiger partial charge on any atom is -0.222 e. The van der Waals surface area contributed by atoms with Crippen molar-refractivity contribution in [1.82, 2.24) is 5.01 Å². The predicted octanol–water partition coefficient (Wildman–Crippen LogP) is 2.87. The molecule has 0 spiro atoms. The molecule has 0 amide bonds. The Morgan fingerprint density at radius 2 is 2.43 bits per heavy atom. The molecule has 3 nitrogen and oxygen atoms in total. The maximum absolute atomic E-state index is 4.32. The van der Waals surface area contributed by atoms with E-state index in [2.05, 4.69) is 32.7 Å². The number of nitrogens with zero attached hydrogens (tertiary/aromatic N) is 3. The van der Waals surface area contributed by atoms with Crippen LogP contribution in [-0.4, -0.2) is 16.3 Å². The van der Waals surface area contributed by atoms with Crippen LogP contribution >= 0.6 is 15.9 Å². The van der Waals surface area contributed by atoms with E-state index in [1.807, 2.05) is 24.1 Å². The normalized spacial score (nSPS) is 24.7. The standard InChI is InChI=1S/C10H12BrN3/c1-3-10-13-9(11)6-8(7-4-5-7)14(10)12-2/h3,6-7H,2,4-5H2,1H3/b10-3-. The van der Waals surface area contributed by atoms with Gasteiger partial charge in [0.1, 0.15) is 4.62 Å². The fourth-order valence-corrected chi connectivity index (χ4v) is 1.93. The maximum Gasteiger partial charge on any atom is 0.150 e. The summed E-state index contributed by atoms with van der Waals surface area (Å²) in [5.74, 6) is 1.48. The quantitative estimate of drug-likeness (QED) is 0.696. The zero-order valence-corrected chi connectivity index (χ0v) is 9.66. The number of allylic oxidation sites excluding steroid dienone is 3.